The summed E-state index contributed by atoms with van der Waals surface area (Å²) in [6.45, 7) is 1.19. The third-order valence-electron chi connectivity index (χ3n) is 3.68. The van der Waals surface area contributed by atoms with Gasteiger partial charge in [0.2, 0.25) is 20.0 Å². The molecule has 1 fully saturated rings. The van der Waals surface area contributed by atoms with Crippen molar-refractivity contribution in [3.05, 3.63) is 30.3 Å². The summed E-state index contributed by atoms with van der Waals surface area (Å²) in [6, 6.07) is 7.86. The quantitative estimate of drug-likeness (QED) is 0.696. The van der Waals surface area contributed by atoms with Crippen LogP contribution in [0.4, 0.5) is 0 Å². The Morgan fingerprint density at radius 1 is 1.18 bits per heavy atom. The van der Waals surface area contributed by atoms with E-state index in [1.54, 1.807) is 18.2 Å². The van der Waals surface area contributed by atoms with E-state index < -0.39 is 20.0 Å². The molecule has 0 saturated carbocycles. The monoisotopic (exact) mass is 347 g/mol. The van der Waals surface area contributed by atoms with Gasteiger partial charge in [-0.05, 0) is 31.0 Å². The van der Waals surface area contributed by atoms with Crippen LogP contribution in [0.2, 0.25) is 0 Å². The summed E-state index contributed by atoms with van der Waals surface area (Å²) < 4.78 is 52.0. The minimum Gasteiger partial charge on any atom is -0.330 e. The lowest BCUT2D eigenvalue weighted by Gasteiger charge is -2.16. The van der Waals surface area contributed by atoms with E-state index in [1.165, 1.54) is 16.4 Å². The van der Waals surface area contributed by atoms with Gasteiger partial charge in [-0.25, -0.2) is 25.9 Å². The Labute approximate surface area is 131 Å². The zero-order valence-corrected chi connectivity index (χ0v) is 13.8. The predicted molar refractivity (Wildman–Crippen MR) is 84.2 cm³/mol. The Morgan fingerprint density at radius 3 is 2.45 bits per heavy atom. The van der Waals surface area contributed by atoms with Gasteiger partial charge in [-0.2, -0.15) is 0 Å². The van der Waals surface area contributed by atoms with E-state index in [4.69, 9.17) is 5.73 Å². The van der Waals surface area contributed by atoms with Gasteiger partial charge in [-0.15, -0.1) is 0 Å². The topological polar surface area (TPSA) is 110 Å². The van der Waals surface area contributed by atoms with Gasteiger partial charge < -0.3 is 5.73 Å². The molecule has 0 amide bonds. The highest BCUT2D eigenvalue weighted by atomic mass is 32.2. The largest absolute Gasteiger partial charge is 0.330 e. The number of hydrogen-bond donors (Lipinski definition) is 2. The molecular weight excluding hydrogens is 326 g/mol. The maximum atomic E-state index is 12.2. The van der Waals surface area contributed by atoms with E-state index in [0.29, 0.717) is 19.6 Å². The fraction of sp³-hybridized carbons (Fsp3) is 0.538. The van der Waals surface area contributed by atoms with Crippen molar-refractivity contribution in [2.75, 3.05) is 31.9 Å². The van der Waals surface area contributed by atoms with Gasteiger partial charge in [0, 0.05) is 19.6 Å². The number of rotatable bonds is 7. The fourth-order valence-electron chi connectivity index (χ4n) is 2.36. The second-order valence-electron chi connectivity index (χ2n) is 5.28. The van der Waals surface area contributed by atoms with Gasteiger partial charge in [0.05, 0.1) is 10.6 Å². The Bertz CT molecular complexity index is 689. The molecule has 3 N–H and O–H groups in total. The first-order chi connectivity index (χ1) is 10.3. The highest BCUT2D eigenvalue weighted by molar-refractivity contribution is 7.90. The van der Waals surface area contributed by atoms with Crippen LogP contribution < -0.4 is 10.5 Å². The van der Waals surface area contributed by atoms with Crippen LogP contribution in [0.1, 0.15) is 6.42 Å². The zero-order chi connectivity index (χ0) is 16.2. The molecule has 1 aromatic carbocycles. The molecule has 1 aromatic rings. The van der Waals surface area contributed by atoms with Crippen molar-refractivity contribution in [2.45, 2.75) is 11.3 Å². The molecule has 0 spiro atoms. The highest BCUT2D eigenvalue weighted by Gasteiger charge is 2.30. The van der Waals surface area contributed by atoms with Crippen LogP contribution in [-0.4, -0.2) is 53.1 Å². The maximum absolute atomic E-state index is 12.2. The zero-order valence-electron chi connectivity index (χ0n) is 12.2. The summed E-state index contributed by atoms with van der Waals surface area (Å²) in [4.78, 5) is 0.122. The van der Waals surface area contributed by atoms with Crippen molar-refractivity contribution in [3.8, 4) is 0 Å². The summed E-state index contributed by atoms with van der Waals surface area (Å²) in [5.41, 5.74) is 5.55. The lowest BCUT2D eigenvalue weighted by molar-refractivity contribution is 0.459. The number of nitrogens with two attached hydrogens (primary N) is 1. The van der Waals surface area contributed by atoms with Gasteiger partial charge in [0.1, 0.15) is 0 Å². The molecule has 1 unspecified atom stereocenters. The molecule has 1 aliphatic rings. The van der Waals surface area contributed by atoms with Crippen LogP contribution in [0, 0.1) is 5.92 Å². The average Bonchev–Trinajstić information content (AvgIpc) is 2.97. The Kier molecular flexibility index (Phi) is 5.56. The summed E-state index contributed by atoms with van der Waals surface area (Å²) in [5, 5.41) is 0. The van der Waals surface area contributed by atoms with E-state index in [2.05, 4.69) is 4.72 Å². The van der Waals surface area contributed by atoms with Crippen LogP contribution >= 0.6 is 0 Å². The third-order valence-corrected chi connectivity index (χ3v) is 7.00. The van der Waals surface area contributed by atoms with Gasteiger partial charge in [0.15, 0.2) is 0 Å². The molecule has 1 heterocycles. The van der Waals surface area contributed by atoms with Crippen molar-refractivity contribution >= 4 is 20.0 Å². The van der Waals surface area contributed by atoms with Crippen LogP contribution in [0.5, 0.6) is 0 Å². The molecular formula is C13H21N3O4S2. The Morgan fingerprint density at radius 2 is 1.86 bits per heavy atom. The number of nitrogens with one attached hydrogen (secondary N) is 1. The van der Waals surface area contributed by atoms with Crippen molar-refractivity contribution < 1.29 is 16.8 Å². The average molecular weight is 347 g/mol. The minimum atomic E-state index is -3.67. The lowest BCUT2D eigenvalue weighted by Crippen LogP contribution is -2.37. The number of sulfonamides is 2. The molecule has 0 radical (unpaired) electrons. The molecule has 9 heteroatoms. The second-order valence-corrected chi connectivity index (χ2v) is 9.13. The number of benzene rings is 1. The molecule has 0 aromatic heterocycles. The van der Waals surface area contributed by atoms with Crippen LogP contribution in [0.25, 0.3) is 0 Å². The number of nitrogens with zero attached hydrogens (tertiary/aromatic N) is 1. The third kappa shape index (κ3) is 4.26. The van der Waals surface area contributed by atoms with Crippen molar-refractivity contribution in [1.29, 1.82) is 0 Å². The standard InChI is InChI=1S/C13H21N3O4S2/c14-10-12-6-8-16(11-12)21(17,18)9-7-15-22(19,20)13-4-2-1-3-5-13/h1-5,12,15H,6-11,14H2. The first kappa shape index (κ1) is 17.4. The molecule has 1 aliphatic heterocycles. The highest BCUT2D eigenvalue weighted by Crippen LogP contribution is 2.18. The summed E-state index contributed by atoms with van der Waals surface area (Å²) in [5.74, 6) is -0.0631. The Balaban J connectivity index is 1.91. The van der Waals surface area contributed by atoms with E-state index in [-0.39, 0.29) is 23.1 Å². The van der Waals surface area contributed by atoms with E-state index >= 15 is 0 Å². The van der Waals surface area contributed by atoms with E-state index in [1.807, 2.05) is 0 Å². The lowest BCUT2D eigenvalue weighted by atomic mass is 10.1. The van der Waals surface area contributed by atoms with Crippen molar-refractivity contribution in [1.82, 2.24) is 9.03 Å². The first-order valence-corrected chi connectivity index (χ1v) is 10.2. The van der Waals surface area contributed by atoms with Gasteiger partial charge in [0.25, 0.3) is 0 Å². The van der Waals surface area contributed by atoms with Crippen LogP contribution in [0.3, 0.4) is 0 Å². The smallest absolute Gasteiger partial charge is 0.240 e. The molecule has 7 nitrogen and oxygen atoms in total. The van der Waals surface area contributed by atoms with Crippen LogP contribution in [0.15, 0.2) is 35.2 Å². The van der Waals surface area contributed by atoms with Crippen LogP contribution in [-0.2, 0) is 20.0 Å². The maximum Gasteiger partial charge on any atom is 0.240 e. The summed E-state index contributed by atoms with van der Waals surface area (Å²) in [6.07, 6.45) is 0.755. The fourth-order valence-corrected chi connectivity index (χ4v) is 4.98. The molecule has 1 atom stereocenters. The van der Waals surface area contributed by atoms with E-state index in [9.17, 15) is 16.8 Å². The van der Waals surface area contributed by atoms with Crippen molar-refractivity contribution in [3.63, 3.8) is 0 Å². The molecule has 124 valence electrons. The number of hydrogen-bond acceptors (Lipinski definition) is 5. The van der Waals surface area contributed by atoms with Gasteiger partial charge in [-0.3, -0.25) is 0 Å². The summed E-state index contributed by atoms with van der Waals surface area (Å²) >= 11 is 0. The van der Waals surface area contributed by atoms with E-state index in [0.717, 1.165) is 6.42 Å². The normalized spacial score (nSPS) is 20.3. The minimum absolute atomic E-state index is 0.122. The first-order valence-electron chi connectivity index (χ1n) is 7.08. The molecule has 1 saturated heterocycles. The van der Waals surface area contributed by atoms with Gasteiger partial charge in [-0.1, -0.05) is 18.2 Å². The van der Waals surface area contributed by atoms with Crippen molar-refractivity contribution in [2.24, 2.45) is 11.7 Å². The molecule has 0 aliphatic carbocycles. The molecule has 22 heavy (non-hydrogen) atoms. The second kappa shape index (κ2) is 7.05. The SMILES string of the molecule is NCC1CCN(S(=O)(=O)CCNS(=O)(=O)c2ccccc2)C1. The van der Waals surface area contributed by atoms with Gasteiger partial charge >= 0.3 is 0 Å². The predicted octanol–water partition coefficient (Wildman–Crippen LogP) is -0.425. The Hall–Kier alpha value is -1.00. The summed E-state index contributed by atoms with van der Waals surface area (Å²) in [7, 11) is -7.13. The molecule has 0 bridgehead atoms. The molecule has 2 rings (SSSR count).